The van der Waals surface area contributed by atoms with Crippen molar-refractivity contribution >= 4 is 33.0 Å². The molecule has 2 heterocycles. The Morgan fingerprint density at radius 1 is 1.32 bits per heavy atom. The van der Waals surface area contributed by atoms with Crippen LogP contribution in [0.2, 0.25) is 0 Å². The Labute approximate surface area is 135 Å². The van der Waals surface area contributed by atoms with E-state index < -0.39 is 0 Å². The number of amides is 1. The number of nitriles is 1. The monoisotopic (exact) mass is 354 g/mol. The molecule has 108 valence electrons. The third-order valence-electron chi connectivity index (χ3n) is 3.41. The third kappa shape index (κ3) is 2.47. The van der Waals surface area contributed by atoms with Gasteiger partial charge in [-0.1, -0.05) is 0 Å². The van der Waals surface area contributed by atoms with Crippen LogP contribution >= 0.6 is 15.9 Å². The molecule has 0 aliphatic heterocycles. The lowest BCUT2D eigenvalue weighted by atomic mass is 10.2. The van der Waals surface area contributed by atoms with Crippen LogP contribution in [-0.4, -0.2) is 22.6 Å². The van der Waals surface area contributed by atoms with E-state index >= 15 is 0 Å². The first kappa shape index (κ1) is 14.3. The summed E-state index contributed by atoms with van der Waals surface area (Å²) in [5.41, 5.74) is 2.70. The van der Waals surface area contributed by atoms with Crippen LogP contribution in [0.25, 0.3) is 5.52 Å². The second-order valence-electron chi connectivity index (χ2n) is 4.76. The normalized spacial score (nSPS) is 10.4. The predicted octanol–water partition coefficient (Wildman–Crippen LogP) is 3.25. The third-order valence-corrected chi connectivity index (χ3v) is 4.02. The van der Waals surface area contributed by atoms with E-state index in [1.807, 2.05) is 0 Å². The van der Waals surface area contributed by atoms with Gasteiger partial charge in [0.15, 0.2) is 0 Å². The second kappa shape index (κ2) is 5.62. The number of carbonyl (C=O) groups excluding carboxylic acids is 1. The van der Waals surface area contributed by atoms with Crippen LogP contribution in [0.1, 0.15) is 15.9 Å². The number of benzene rings is 1. The number of hydrogen-bond acceptors (Lipinski definition) is 3. The van der Waals surface area contributed by atoms with E-state index in [4.69, 9.17) is 5.26 Å². The molecule has 1 aromatic carbocycles. The molecule has 0 spiro atoms. The summed E-state index contributed by atoms with van der Waals surface area (Å²) < 4.78 is 2.53. The minimum Gasteiger partial charge on any atom is -0.311 e. The standard InChI is InChI=1S/C16H11BrN4O/c1-20(13-4-2-11(9-18)3-5-13)16(22)12-6-7-21-15(8-12)14(17)10-19-21/h2-8,10H,1H3. The maximum absolute atomic E-state index is 12.6. The highest BCUT2D eigenvalue weighted by molar-refractivity contribution is 9.10. The molecule has 0 unspecified atom stereocenters. The molecule has 6 heteroatoms. The van der Waals surface area contributed by atoms with Crippen LogP contribution in [0.4, 0.5) is 5.69 Å². The molecule has 1 amide bonds. The summed E-state index contributed by atoms with van der Waals surface area (Å²) in [6, 6.07) is 12.5. The van der Waals surface area contributed by atoms with Crippen molar-refractivity contribution in [2.24, 2.45) is 0 Å². The Morgan fingerprint density at radius 2 is 2.05 bits per heavy atom. The average molecular weight is 355 g/mol. The maximum atomic E-state index is 12.6. The molecule has 0 saturated heterocycles. The fourth-order valence-corrected chi connectivity index (χ4v) is 2.54. The fraction of sp³-hybridized carbons (Fsp3) is 0.0625. The molecule has 0 atom stereocenters. The van der Waals surface area contributed by atoms with Crippen molar-refractivity contribution < 1.29 is 4.79 Å². The van der Waals surface area contributed by atoms with Crippen LogP contribution in [-0.2, 0) is 0 Å². The van der Waals surface area contributed by atoms with E-state index in [1.165, 1.54) is 0 Å². The van der Waals surface area contributed by atoms with E-state index in [0.29, 0.717) is 11.1 Å². The van der Waals surface area contributed by atoms with Crippen molar-refractivity contribution in [3.05, 3.63) is 64.4 Å². The summed E-state index contributed by atoms with van der Waals surface area (Å²) in [5.74, 6) is -0.125. The predicted molar refractivity (Wildman–Crippen MR) is 86.8 cm³/mol. The molecule has 3 aromatic rings. The number of fused-ring (bicyclic) bond motifs is 1. The van der Waals surface area contributed by atoms with Gasteiger partial charge in [-0.2, -0.15) is 10.4 Å². The van der Waals surface area contributed by atoms with Gasteiger partial charge in [0, 0.05) is 24.5 Å². The summed E-state index contributed by atoms with van der Waals surface area (Å²) in [7, 11) is 1.71. The van der Waals surface area contributed by atoms with Crippen molar-refractivity contribution in [2.45, 2.75) is 0 Å². The quantitative estimate of drug-likeness (QED) is 0.709. The molecule has 5 nitrogen and oxygen atoms in total. The van der Waals surface area contributed by atoms with E-state index in [0.717, 1.165) is 15.7 Å². The van der Waals surface area contributed by atoms with Gasteiger partial charge in [0.05, 0.1) is 27.8 Å². The number of hydrogen-bond donors (Lipinski definition) is 0. The molecule has 0 bridgehead atoms. The van der Waals surface area contributed by atoms with Crippen molar-refractivity contribution in [1.82, 2.24) is 9.61 Å². The first-order chi connectivity index (χ1) is 10.6. The first-order valence-corrected chi connectivity index (χ1v) is 7.30. The van der Waals surface area contributed by atoms with Crippen LogP contribution in [0.5, 0.6) is 0 Å². The average Bonchev–Trinajstić information content (AvgIpc) is 2.94. The zero-order valence-electron chi connectivity index (χ0n) is 11.7. The lowest BCUT2D eigenvalue weighted by molar-refractivity contribution is 0.0993. The van der Waals surface area contributed by atoms with Gasteiger partial charge in [0.2, 0.25) is 0 Å². The SMILES string of the molecule is CN(C(=O)c1ccn2ncc(Br)c2c1)c1ccc(C#N)cc1. The molecule has 0 radical (unpaired) electrons. The van der Waals surface area contributed by atoms with Crippen molar-refractivity contribution in [3.63, 3.8) is 0 Å². The molecular weight excluding hydrogens is 344 g/mol. The Morgan fingerprint density at radius 3 is 2.73 bits per heavy atom. The minimum atomic E-state index is -0.125. The van der Waals surface area contributed by atoms with E-state index in [-0.39, 0.29) is 5.91 Å². The highest BCUT2D eigenvalue weighted by atomic mass is 79.9. The zero-order valence-corrected chi connectivity index (χ0v) is 13.3. The number of pyridine rings is 1. The summed E-state index contributed by atoms with van der Waals surface area (Å²) in [5, 5.41) is 13.0. The molecule has 2 aromatic heterocycles. The molecule has 0 N–H and O–H groups in total. The summed E-state index contributed by atoms with van der Waals surface area (Å²) >= 11 is 3.41. The number of aromatic nitrogens is 2. The van der Waals surface area contributed by atoms with E-state index in [9.17, 15) is 4.79 Å². The highest BCUT2D eigenvalue weighted by Crippen LogP contribution is 2.21. The van der Waals surface area contributed by atoms with Gasteiger partial charge in [-0.05, 0) is 52.3 Å². The van der Waals surface area contributed by atoms with Gasteiger partial charge >= 0.3 is 0 Å². The Bertz CT molecular complexity index is 893. The summed E-state index contributed by atoms with van der Waals surface area (Å²) in [6.07, 6.45) is 3.44. The summed E-state index contributed by atoms with van der Waals surface area (Å²) in [6.45, 7) is 0. The summed E-state index contributed by atoms with van der Waals surface area (Å²) in [4.78, 5) is 14.1. The number of halogens is 1. The molecular formula is C16H11BrN4O. The Kier molecular flexibility index (Phi) is 3.65. The van der Waals surface area contributed by atoms with Gasteiger partial charge in [0.1, 0.15) is 0 Å². The lowest BCUT2D eigenvalue weighted by Crippen LogP contribution is -2.26. The van der Waals surface area contributed by atoms with Gasteiger partial charge in [-0.25, -0.2) is 4.52 Å². The van der Waals surface area contributed by atoms with E-state index in [2.05, 4.69) is 27.1 Å². The molecule has 3 rings (SSSR count). The number of anilines is 1. The first-order valence-electron chi connectivity index (χ1n) is 6.51. The Hall–Kier alpha value is -2.65. The number of carbonyl (C=O) groups is 1. The van der Waals surface area contributed by atoms with Gasteiger partial charge in [0.25, 0.3) is 5.91 Å². The van der Waals surface area contributed by atoms with Gasteiger partial charge < -0.3 is 4.90 Å². The van der Waals surface area contributed by atoms with Gasteiger partial charge in [-0.3, -0.25) is 4.79 Å². The maximum Gasteiger partial charge on any atom is 0.258 e. The molecule has 0 saturated carbocycles. The van der Waals surface area contributed by atoms with Gasteiger partial charge in [-0.15, -0.1) is 0 Å². The van der Waals surface area contributed by atoms with E-state index in [1.54, 1.807) is 65.3 Å². The molecule has 0 fully saturated rings. The number of nitrogens with zero attached hydrogens (tertiary/aromatic N) is 4. The van der Waals surface area contributed by atoms with Crippen LogP contribution in [0.15, 0.2) is 53.3 Å². The molecule has 22 heavy (non-hydrogen) atoms. The van der Waals surface area contributed by atoms with Crippen LogP contribution < -0.4 is 4.90 Å². The highest BCUT2D eigenvalue weighted by Gasteiger charge is 2.15. The molecule has 0 aliphatic rings. The number of rotatable bonds is 2. The van der Waals surface area contributed by atoms with Crippen molar-refractivity contribution in [2.75, 3.05) is 11.9 Å². The molecule has 0 aliphatic carbocycles. The fourth-order valence-electron chi connectivity index (χ4n) is 2.15. The second-order valence-corrected chi connectivity index (χ2v) is 5.61. The zero-order chi connectivity index (χ0) is 15.7. The lowest BCUT2D eigenvalue weighted by Gasteiger charge is -2.17. The smallest absolute Gasteiger partial charge is 0.258 e. The van der Waals surface area contributed by atoms with Crippen LogP contribution in [0, 0.1) is 11.3 Å². The minimum absolute atomic E-state index is 0.125. The topological polar surface area (TPSA) is 61.4 Å². The van der Waals surface area contributed by atoms with Crippen LogP contribution in [0.3, 0.4) is 0 Å². The Balaban J connectivity index is 1.93. The largest absolute Gasteiger partial charge is 0.311 e. The van der Waals surface area contributed by atoms with Crippen molar-refractivity contribution in [1.29, 1.82) is 5.26 Å². The van der Waals surface area contributed by atoms with Crippen molar-refractivity contribution in [3.8, 4) is 6.07 Å².